The van der Waals surface area contributed by atoms with Gasteiger partial charge in [0, 0.05) is 5.57 Å². The van der Waals surface area contributed by atoms with Gasteiger partial charge in [-0.3, -0.25) is 4.79 Å². The molecule has 0 aliphatic heterocycles. The van der Waals surface area contributed by atoms with Crippen LogP contribution in [0.15, 0.2) is 12.2 Å². The molecule has 0 spiro atoms. The standard InChI is InChI=1S/C11H15NO2/c1-8(7-12)9-3-5-10(6-4-9)11(13)14-2/h9-10H,1,3-6H2,2H3. The zero-order valence-electron chi connectivity index (χ0n) is 8.45. The highest BCUT2D eigenvalue weighted by Crippen LogP contribution is 2.32. The number of esters is 1. The van der Waals surface area contributed by atoms with Crippen LogP contribution in [0.5, 0.6) is 0 Å². The Kier molecular flexibility index (Phi) is 3.70. The fourth-order valence-electron chi connectivity index (χ4n) is 1.94. The quantitative estimate of drug-likeness (QED) is 0.498. The number of methoxy groups -OCH3 is 1. The van der Waals surface area contributed by atoms with Crippen molar-refractivity contribution in [1.82, 2.24) is 0 Å². The van der Waals surface area contributed by atoms with Crippen molar-refractivity contribution < 1.29 is 9.53 Å². The predicted octanol–water partition coefficient (Wildman–Crippen LogP) is 2.05. The molecule has 1 rings (SSSR count). The monoisotopic (exact) mass is 193 g/mol. The van der Waals surface area contributed by atoms with Crippen LogP contribution in [0.1, 0.15) is 25.7 Å². The zero-order valence-corrected chi connectivity index (χ0v) is 8.45. The first-order valence-electron chi connectivity index (χ1n) is 4.85. The molecule has 0 radical (unpaired) electrons. The summed E-state index contributed by atoms with van der Waals surface area (Å²) < 4.78 is 4.69. The number of rotatable bonds is 2. The van der Waals surface area contributed by atoms with E-state index >= 15 is 0 Å². The number of ether oxygens (including phenoxy) is 1. The van der Waals surface area contributed by atoms with Crippen molar-refractivity contribution >= 4 is 5.97 Å². The van der Waals surface area contributed by atoms with Crippen LogP contribution >= 0.6 is 0 Å². The molecule has 1 saturated carbocycles. The molecule has 3 heteroatoms. The number of hydrogen-bond acceptors (Lipinski definition) is 3. The van der Waals surface area contributed by atoms with Gasteiger partial charge in [0.1, 0.15) is 0 Å². The van der Waals surface area contributed by atoms with Crippen molar-refractivity contribution in [3.05, 3.63) is 12.2 Å². The summed E-state index contributed by atoms with van der Waals surface area (Å²) in [5.74, 6) is 0.190. The van der Waals surface area contributed by atoms with E-state index in [1.165, 1.54) is 7.11 Å². The van der Waals surface area contributed by atoms with Gasteiger partial charge in [0.15, 0.2) is 0 Å². The lowest BCUT2D eigenvalue weighted by atomic mass is 9.79. The third-order valence-corrected chi connectivity index (χ3v) is 2.90. The lowest BCUT2D eigenvalue weighted by molar-refractivity contribution is -0.146. The summed E-state index contributed by atoms with van der Waals surface area (Å²) in [7, 11) is 1.42. The van der Waals surface area contributed by atoms with Crippen molar-refractivity contribution in [2.24, 2.45) is 11.8 Å². The van der Waals surface area contributed by atoms with Gasteiger partial charge < -0.3 is 4.74 Å². The fraction of sp³-hybridized carbons (Fsp3) is 0.636. The molecule has 1 fully saturated rings. The number of allylic oxidation sites excluding steroid dienone is 1. The van der Waals surface area contributed by atoms with Crippen LogP contribution in [-0.2, 0) is 9.53 Å². The Balaban J connectivity index is 2.43. The van der Waals surface area contributed by atoms with Gasteiger partial charge >= 0.3 is 5.97 Å². The summed E-state index contributed by atoms with van der Waals surface area (Å²) in [6.45, 7) is 3.71. The molecule has 1 aliphatic carbocycles. The number of carbonyl (C=O) groups excluding carboxylic acids is 1. The molecule has 0 unspecified atom stereocenters. The van der Waals surface area contributed by atoms with Gasteiger partial charge in [0.25, 0.3) is 0 Å². The highest BCUT2D eigenvalue weighted by molar-refractivity contribution is 5.72. The van der Waals surface area contributed by atoms with E-state index < -0.39 is 0 Å². The zero-order chi connectivity index (χ0) is 10.6. The molecule has 14 heavy (non-hydrogen) atoms. The van der Waals surface area contributed by atoms with E-state index in [9.17, 15) is 4.79 Å². The van der Waals surface area contributed by atoms with E-state index in [1.807, 2.05) is 0 Å². The second-order valence-electron chi connectivity index (χ2n) is 3.71. The van der Waals surface area contributed by atoms with Crippen molar-refractivity contribution in [1.29, 1.82) is 5.26 Å². The highest BCUT2D eigenvalue weighted by Gasteiger charge is 2.27. The maximum Gasteiger partial charge on any atom is 0.308 e. The molecule has 0 aromatic heterocycles. The SMILES string of the molecule is C=C(C#N)C1CCC(C(=O)OC)CC1. The smallest absolute Gasteiger partial charge is 0.308 e. The Morgan fingerprint density at radius 3 is 2.29 bits per heavy atom. The minimum Gasteiger partial charge on any atom is -0.469 e. The normalized spacial score (nSPS) is 26.3. The van der Waals surface area contributed by atoms with Gasteiger partial charge in [-0.2, -0.15) is 5.26 Å². The Hall–Kier alpha value is -1.30. The molecule has 0 amide bonds. The van der Waals surface area contributed by atoms with Crippen molar-refractivity contribution in [2.75, 3.05) is 7.11 Å². The summed E-state index contributed by atoms with van der Waals surface area (Å²) >= 11 is 0. The molecule has 0 saturated heterocycles. The van der Waals surface area contributed by atoms with E-state index in [-0.39, 0.29) is 17.8 Å². The summed E-state index contributed by atoms with van der Waals surface area (Å²) in [4.78, 5) is 11.2. The predicted molar refractivity (Wildman–Crippen MR) is 52.2 cm³/mol. The van der Waals surface area contributed by atoms with E-state index in [1.54, 1.807) is 0 Å². The average Bonchev–Trinajstić information content (AvgIpc) is 2.27. The minimum absolute atomic E-state index is 0.0303. The van der Waals surface area contributed by atoms with E-state index in [0.29, 0.717) is 5.57 Å². The summed E-state index contributed by atoms with van der Waals surface area (Å²) in [5, 5.41) is 8.67. The summed E-state index contributed by atoms with van der Waals surface area (Å²) in [5.41, 5.74) is 0.647. The van der Waals surface area contributed by atoms with Crippen LogP contribution in [0.4, 0.5) is 0 Å². The Labute approximate surface area is 84.4 Å². The number of nitrogens with zero attached hydrogens (tertiary/aromatic N) is 1. The Bertz CT molecular complexity index is 270. The van der Waals surface area contributed by atoms with Crippen LogP contribution in [0.25, 0.3) is 0 Å². The molecule has 0 N–H and O–H groups in total. The van der Waals surface area contributed by atoms with Crippen LogP contribution in [0, 0.1) is 23.2 Å². The maximum absolute atomic E-state index is 11.2. The lowest BCUT2D eigenvalue weighted by Gasteiger charge is -2.25. The van der Waals surface area contributed by atoms with Crippen LogP contribution < -0.4 is 0 Å². The Morgan fingerprint density at radius 1 is 1.36 bits per heavy atom. The van der Waals surface area contributed by atoms with Gasteiger partial charge in [-0.15, -0.1) is 0 Å². The number of nitriles is 1. The Morgan fingerprint density at radius 2 is 1.86 bits per heavy atom. The first kappa shape index (κ1) is 10.8. The molecule has 0 aromatic carbocycles. The van der Waals surface area contributed by atoms with Crippen LogP contribution in [-0.4, -0.2) is 13.1 Å². The third kappa shape index (κ3) is 2.35. The first-order chi connectivity index (χ1) is 6.69. The van der Waals surface area contributed by atoms with Gasteiger partial charge in [-0.05, 0) is 31.6 Å². The average molecular weight is 193 g/mol. The largest absolute Gasteiger partial charge is 0.469 e. The minimum atomic E-state index is -0.119. The molecule has 76 valence electrons. The third-order valence-electron chi connectivity index (χ3n) is 2.90. The molecular formula is C11H15NO2. The van der Waals surface area contributed by atoms with Crippen molar-refractivity contribution in [3.8, 4) is 6.07 Å². The lowest BCUT2D eigenvalue weighted by Crippen LogP contribution is -2.23. The van der Waals surface area contributed by atoms with Gasteiger partial charge in [0.2, 0.25) is 0 Å². The second kappa shape index (κ2) is 4.80. The second-order valence-corrected chi connectivity index (χ2v) is 3.71. The molecule has 0 bridgehead atoms. The topological polar surface area (TPSA) is 50.1 Å². The van der Waals surface area contributed by atoms with E-state index in [4.69, 9.17) is 5.26 Å². The molecular weight excluding hydrogens is 178 g/mol. The van der Waals surface area contributed by atoms with Crippen molar-refractivity contribution in [2.45, 2.75) is 25.7 Å². The number of hydrogen-bond donors (Lipinski definition) is 0. The van der Waals surface area contributed by atoms with Gasteiger partial charge in [-0.1, -0.05) is 6.58 Å². The van der Waals surface area contributed by atoms with E-state index in [0.717, 1.165) is 25.7 Å². The molecule has 0 atom stereocenters. The molecule has 0 aromatic rings. The van der Waals surface area contributed by atoms with Crippen LogP contribution in [0.3, 0.4) is 0 Å². The molecule has 0 heterocycles. The van der Waals surface area contributed by atoms with Gasteiger partial charge in [-0.25, -0.2) is 0 Å². The van der Waals surface area contributed by atoms with E-state index in [2.05, 4.69) is 17.4 Å². The molecule has 1 aliphatic rings. The highest BCUT2D eigenvalue weighted by atomic mass is 16.5. The first-order valence-corrected chi connectivity index (χ1v) is 4.85. The number of carbonyl (C=O) groups is 1. The fourth-order valence-corrected chi connectivity index (χ4v) is 1.94. The van der Waals surface area contributed by atoms with Gasteiger partial charge in [0.05, 0.1) is 19.1 Å². The maximum atomic E-state index is 11.2. The van der Waals surface area contributed by atoms with Crippen LogP contribution in [0.2, 0.25) is 0 Å². The molecule has 3 nitrogen and oxygen atoms in total. The van der Waals surface area contributed by atoms with Crippen molar-refractivity contribution in [3.63, 3.8) is 0 Å². The summed E-state index contributed by atoms with van der Waals surface area (Å²) in [6.07, 6.45) is 3.40. The summed E-state index contributed by atoms with van der Waals surface area (Å²) in [6, 6.07) is 2.08.